The second-order valence-electron chi connectivity index (χ2n) is 2.93. The molecule has 0 aliphatic carbocycles. The van der Waals surface area contributed by atoms with Gasteiger partial charge in [-0.15, -0.1) is 0 Å². The van der Waals surface area contributed by atoms with Gasteiger partial charge >= 0.3 is 0 Å². The molecule has 72 valence electrons. The van der Waals surface area contributed by atoms with Crippen LogP contribution in [0.3, 0.4) is 0 Å². The van der Waals surface area contributed by atoms with E-state index in [9.17, 15) is 5.11 Å². The molecule has 1 rings (SSSR count). The van der Waals surface area contributed by atoms with E-state index in [1.54, 1.807) is 12.1 Å². The molecule has 13 heavy (non-hydrogen) atoms. The van der Waals surface area contributed by atoms with Gasteiger partial charge in [-0.2, -0.15) is 0 Å². The Balaban J connectivity index is 3.20. The molecule has 3 N–H and O–H groups in total. The molecular formula is C10H14O3. The summed E-state index contributed by atoms with van der Waals surface area (Å²) in [6, 6.07) is 3.35. The fraction of sp³-hybridized carbons (Fsp3) is 0.400. The second-order valence-corrected chi connectivity index (χ2v) is 2.93. The molecule has 0 aliphatic rings. The van der Waals surface area contributed by atoms with Crippen molar-refractivity contribution in [2.75, 3.05) is 0 Å². The van der Waals surface area contributed by atoms with Gasteiger partial charge in [0.2, 0.25) is 0 Å². The second kappa shape index (κ2) is 4.25. The van der Waals surface area contributed by atoms with Crippen LogP contribution < -0.4 is 0 Å². The minimum Gasteiger partial charge on any atom is -0.507 e. The van der Waals surface area contributed by atoms with Crippen LogP contribution in [0.1, 0.15) is 23.6 Å². The zero-order valence-corrected chi connectivity index (χ0v) is 7.62. The van der Waals surface area contributed by atoms with Gasteiger partial charge in [0.1, 0.15) is 5.75 Å². The van der Waals surface area contributed by atoms with Crippen LogP contribution in [-0.2, 0) is 19.6 Å². The fourth-order valence-electron chi connectivity index (χ4n) is 1.31. The third-order valence-corrected chi connectivity index (χ3v) is 2.06. The largest absolute Gasteiger partial charge is 0.507 e. The monoisotopic (exact) mass is 182 g/mol. The number of hydrogen-bond donors (Lipinski definition) is 3. The molecule has 3 heteroatoms. The first-order valence-corrected chi connectivity index (χ1v) is 4.28. The highest BCUT2D eigenvalue weighted by atomic mass is 16.3. The zero-order valence-electron chi connectivity index (χ0n) is 7.62. The summed E-state index contributed by atoms with van der Waals surface area (Å²) in [4.78, 5) is 0. The van der Waals surface area contributed by atoms with Crippen LogP contribution in [0.4, 0.5) is 0 Å². The lowest BCUT2D eigenvalue weighted by Crippen LogP contribution is -1.94. The van der Waals surface area contributed by atoms with Crippen molar-refractivity contribution in [2.24, 2.45) is 0 Å². The summed E-state index contributed by atoms with van der Waals surface area (Å²) in [7, 11) is 0. The highest BCUT2D eigenvalue weighted by Gasteiger charge is 2.07. The Morgan fingerprint density at radius 2 is 1.69 bits per heavy atom. The van der Waals surface area contributed by atoms with E-state index in [1.807, 2.05) is 6.92 Å². The molecule has 0 spiro atoms. The number of benzene rings is 1. The normalized spacial score (nSPS) is 10.4. The Bertz CT molecular complexity index is 269. The molecule has 0 heterocycles. The number of rotatable bonds is 3. The van der Waals surface area contributed by atoms with Gasteiger partial charge in [0.05, 0.1) is 13.2 Å². The minimum absolute atomic E-state index is 0.0692. The molecular weight excluding hydrogens is 168 g/mol. The van der Waals surface area contributed by atoms with Crippen molar-refractivity contribution in [1.29, 1.82) is 0 Å². The number of aryl methyl sites for hydroxylation is 1. The first-order valence-electron chi connectivity index (χ1n) is 4.28. The van der Waals surface area contributed by atoms with Crippen molar-refractivity contribution in [2.45, 2.75) is 26.6 Å². The van der Waals surface area contributed by atoms with E-state index in [0.29, 0.717) is 12.0 Å². The Kier molecular flexibility index (Phi) is 3.28. The van der Waals surface area contributed by atoms with Gasteiger partial charge in [-0.3, -0.25) is 0 Å². The third kappa shape index (κ3) is 1.99. The van der Waals surface area contributed by atoms with Crippen LogP contribution in [0.15, 0.2) is 12.1 Å². The Hall–Kier alpha value is -1.06. The topological polar surface area (TPSA) is 60.7 Å². The summed E-state index contributed by atoms with van der Waals surface area (Å²) >= 11 is 0. The molecule has 1 aromatic carbocycles. The third-order valence-electron chi connectivity index (χ3n) is 2.06. The average Bonchev–Trinajstić information content (AvgIpc) is 2.18. The smallest absolute Gasteiger partial charge is 0.124 e. The summed E-state index contributed by atoms with van der Waals surface area (Å²) in [5.41, 5.74) is 1.96. The van der Waals surface area contributed by atoms with Crippen LogP contribution >= 0.6 is 0 Å². The van der Waals surface area contributed by atoms with E-state index in [1.165, 1.54) is 0 Å². The van der Waals surface area contributed by atoms with Crippen LogP contribution in [0.2, 0.25) is 0 Å². The lowest BCUT2D eigenvalue weighted by atomic mass is 10.0. The molecule has 0 atom stereocenters. The van der Waals surface area contributed by atoms with Crippen molar-refractivity contribution < 1.29 is 15.3 Å². The van der Waals surface area contributed by atoms with E-state index < -0.39 is 0 Å². The van der Waals surface area contributed by atoms with Gasteiger partial charge in [0.15, 0.2) is 0 Å². The molecule has 0 saturated heterocycles. The van der Waals surface area contributed by atoms with E-state index >= 15 is 0 Å². The van der Waals surface area contributed by atoms with Gasteiger partial charge < -0.3 is 15.3 Å². The predicted octanol–water partition coefficient (Wildman–Crippen LogP) is 0.939. The average molecular weight is 182 g/mol. The van der Waals surface area contributed by atoms with E-state index in [0.717, 1.165) is 11.1 Å². The van der Waals surface area contributed by atoms with Crippen molar-refractivity contribution >= 4 is 0 Å². The molecule has 0 fully saturated rings. The van der Waals surface area contributed by atoms with Crippen LogP contribution in [0, 0.1) is 0 Å². The van der Waals surface area contributed by atoms with Crippen molar-refractivity contribution in [1.82, 2.24) is 0 Å². The van der Waals surface area contributed by atoms with Gasteiger partial charge in [-0.25, -0.2) is 0 Å². The summed E-state index contributed by atoms with van der Waals surface area (Å²) < 4.78 is 0. The Labute approximate surface area is 77.3 Å². The number of aliphatic hydroxyl groups excluding tert-OH is 2. The highest BCUT2D eigenvalue weighted by Crippen LogP contribution is 2.25. The highest BCUT2D eigenvalue weighted by molar-refractivity contribution is 5.43. The van der Waals surface area contributed by atoms with Crippen molar-refractivity contribution in [3.63, 3.8) is 0 Å². The summed E-state index contributed by atoms with van der Waals surface area (Å²) in [5.74, 6) is 0.141. The maximum absolute atomic E-state index is 9.57. The summed E-state index contributed by atoms with van der Waals surface area (Å²) in [5, 5.41) is 27.4. The first-order chi connectivity index (χ1) is 6.22. The quantitative estimate of drug-likeness (QED) is 0.652. The van der Waals surface area contributed by atoms with Gasteiger partial charge in [0.25, 0.3) is 0 Å². The number of aliphatic hydroxyl groups is 2. The van der Waals surface area contributed by atoms with E-state index in [-0.39, 0.29) is 19.0 Å². The summed E-state index contributed by atoms with van der Waals surface area (Å²) in [6.45, 7) is 1.64. The molecule has 0 aliphatic heterocycles. The molecule has 3 nitrogen and oxygen atoms in total. The fourth-order valence-corrected chi connectivity index (χ4v) is 1.31. The summed E-state index contributed by atoms with van der Waals surface area (Å²) in [6.07, 6.45) is 0.687. The first kappa shape index (κ1) is 10.0. The maximum atomic E-state index is 9.57. The van der Waals surface area contributed by atoms with E-state index in [2.05, 4.69) is 0 Å². The van der Waals surface area contributed by atoms with Gasteiger partial charge in [0, 0.05) is 5.56 Å². The van der Waals surface area contributed by atoms with Gasteiger partial charge in [-0.1, -0.05) is 6.92 Å². The number of aromatic hydroxyl groups is 1. The molecule has 0 saturated carbocycles. The molecule has 1 aromatic rings. The number of hydrogen-bond acceptors (Lipinski definition) is 3. The minimum atomic E-state index is -0.202. The Morgan fingerprint density at radius 3 is 2.15 bits per heavy atom. The van der Waals surface area contributed by atoms with Crippen molar-refractivity contribution in [3.05, 3.63) is 28.8 Å². The maximum Gasteiger partial charge on any atom is 0.124 e. The van der Waals surface area contributed by atoms with Crippen LogP contribution in [0.25, 0.3) is 0 Å². The van der Waals surface area contributed by atoms with Crippen LogP contribution in [0.5, 0.6) is 5.75 Å². The molecule has 0 aromatic heterocycles. The molecule has 0 radical (unpaired) electrons. The molecule has 0 unspecified atom stereocenters. The lowest BCUT2D eigenvalue weighted by Gasteiger charge is -2.08. The van der Waals surface area contributed by atoms with Gasteiger partial charge in [-0.05, 0) is 29.7 Å². The molecule has 0 amide bonds. The number of phenols is 1. The zero-order chi connectivity index (χ0) is 9.84. The standard InChI is InChI=1S/C10H14O3/c1-2-8-3-7(5-11)4-9(6-12)10(8)13/h3-4,11-13H,2,5-6H2,1H3. The lowest BCUT2D eigenvalue weighted by molar-refractivity contribution is 0.270. The van der Waals surface area contributed by atoms with E-state index in [4.69, 9.17) is 10.2 Å². The van der Waals surface area contributed by atoms with Crippen LogP contribution in [-0.4, -0.2) is 15.3 Å². The Morgan fingerprint density at radius 1 is 1.08 bits per heavy atom. The molecule has 0 bridgehead atoms. The van der Waals surface area contributed by atoms with Crippen molar-refractivity contribution in [3.8, 4) is 5.75 Å². The predicted molar refractivity (Wildman–Crippen MR) is 49.3 cm³/mol. The SMILES string of the molecule is CCc1cc(CO)cc(CO)c1O.